The van der Waals surface area contributed by atoms with Gasteiger partial charge in [0, 0.05) is 25.2 Å². The first-order chi connectivity index (χ1) is 13.7. The molecule has 2 atom stereocenters. The van der Waals surface area contributed by atoms with Crippen LogP contribution in [0.2, 0.25) is 0 Å². The van der Waals surface area contributed by atoms with Gasteiger partial charge in [0.15, 0.2) is 0 Å². The number of halogens is 1. The molecule has 1 aromatic heterocycles. The Kier molecular flexibility index (Phi) is 4.88. The Morgan fingerprint density at radius 1 is 1.34 bits per heavy atom. The number of imide groups is 1. The number of carbonyl (C=O) groups is 2. The predicted octanol–water partition coefficient (Wildman–Crippen LogP) is 2.70. The third-order valence-corrected chi connectivity index (χ3v) is 5.11. The fourth-order valence-corrected chi connectivity index (χ4v) is 3.74. The largest absolute Gasteiger partial charge is 0.443 e. The highest BCUT2D eigenvalue weighted by atomic mass is 19.1. The minimum atomic E-state index is -0.771. The molecule has 154 valence electrons. The molecule has 8 heteroatoms. The molecule has 0 aliphatic carbocycles. The second-order valence-electron chi connectivity index (χ2n) is 8.64. The van der Waals surface area contributed by atoms with Crippen molar-refractivity contribution in [3.8, 4) is 0 Å². The summed E-state index contributed by atoms with van der Waals surface area (Å²) < 4.78 is 18.7. The molecule has 0 unspecified atom stereocenters. The summed E-state index contributed by atoms with van der Waals surface area (Å²) in [5.41, 5.74) is 2.21. The van der Waals surface area contributed by atoms with Crippen molar-refractivity contribution in [3.63, 3.8) is 0 Å². The SMILES string of the molecule is CC(C)(C)OC(=O)N1CC2=N[C@@H](Cc3ccc(N4CC[C@H](F)C4)cn3)C=C2C1=O. The molecule has 29 heavy (non-hydrogen) atoms. The number of aliphatic imine (C=N–C) groups is 1. The Balaban J connectivity index is 1.38. The first-order valence-electron chi connectivity index (χ1n) is 9.87. The summed E-state index contributed by atoms with van der Waals surface area (Å²) in [4.78, 5) is 36.9. The molecule has 2 saturated heterocycles. The van der Waals surface area contributed by atoms with Crippen molar-refractivity contribution < 1.29 is 18.7 Å². The van der Waals surface area contributed by atoms with Gasteiger partial charge in [0.1, 0.15) is 11.8 Å². The Morgan fingerprint density at radius 2 is 2.14 bits per heavy atom. The lowest BCUT2D eigenvalue weighted by Crippen LogP contribution is -2.38. The molecule has 0 N–H and O–H groups in total. The van der Waals surface area contributed by atoms with Gasteiger partial charge in [0.05, 0.1) is 35.8 Å². The third-order valence-electron chi connectivity index (χ3n) is 5.11. The molecule has 1 aromatic rings. The molecule has 0 aromatic carbocycles. The number of aromatic nitrogens is 1. The highest BCUT2D eigenvalue weighted by Gasteiger charge is 2.41. The van der Waals surface area contributed by atoms with Crippen LogP contribution >= 0.6 is 0 Å². The number of carbonyl (C=O) groups excluding carboxylic acids is 2. The third kappa shape index (κ3) is 4.16. The van der Waals surface area contributed by atoms with E-state index in [4.69, 9.17) is 4.74 Å². The summed E-state index contributed by atoms with van der Waals surface area (Å²) in [7, 11) is 0. The predicted molar refractivity (Wildman–Crippen MR) is 107 cm³/mol. The van der Waals surface area contributed by atoms with Gasteiger partial charge in [-0.3, -0.25) is 14.8 Å². The van der Waals surface area contributed by atoms with E-state index in [0.717, 1.165) is 16.3 Å². The number of nitrogens with zero attached hydrogens (tertiary/aromatic N) is 4. The number of hydrogen-bond donors (Lipinski definition) is 0. The van der Waals surface area contributed by atoms with Gasteiger partial charge < -0.3 is 9.64 Å². The number of fused-ring (bicyclic) bond motifs is 1. The summed E-state index contributed by atoms with van der Waals surface area (Å²) >= 11 is 0. The zero-order valence-electron chi connectivity index (χ0n) is 16.9. The number of amides is 2. The molecule has 0 bridgehead atoms. The molecule has 2 fully saturated rings. The summed E-state index contributed by atoms with van der Waals surface area (Å²) in [6.45, 7) is 6.55. The molecule has 0 radical (unpaired) electrons. The van der Waals surface area contributed by atoms with Crippen molar-refractivity contribution in [3.05, 3.63) is 35.7 Å². The minimum absolute atomic E-state index is 0.141. The monoisotopic (exact) mass is 400 g/mol. The lowest BCUT2D eigenvalue weighted by atomic mass is 10.1. The molecule has 2 amide bonds. The molecule has 0 saturated carbocycles. The van der Waals surface area contributed by atoms with E-state index in [2.05, 4.69) is 9.98 Å². The van der Waals surface area contributed by atoms with Crippen molar-refractivity contribution in [1.29, 1.82) is 0 Å². The quantitative estimate of drug-likeness (QED) is 0.780. The summed E-state index contributed by atoms with van der Waals surface area (Å²) in [5.74, 6) is -0.362. The van der Waals surface area contributed by atoms with Gasteiger partial charge in [-0.05, 0) is 45.4 Å². The van der Waals surface area contributed by atoms with Gasteiger partial charge in [-0.1, -0.05) is 0 Å². The van der Waals surface area contributed by atoms with Crippen molar-refractivity contribution in [2.24, 2.45) is 4.99 Å². The molecule has 4 rings (SSSR count). The average Bonchev–Trinajstić information content (AvgIpc) is 3.31. The molecule has 3 aliphatic heterocycles. The van der Waals surface area contributed by atoms with E-state index in [9.17, 15) is 14.0 Å². The highest BCUT2D eigenvalue weighted by Crippen LogP contribution is 2.26. The van der Waals surface area contributed by atoms with Crippen LogP contribution in [0.15, 0.2) is 35.0 Å². The molecule has 3 aliphatic rings. The van der Waals surface area contributed by atoms with E-state index >= 15 is 0 Å². The maximum Gasteiger partial charge on any atom is 0.417 e. The van der Waals surface area contributed by atoms with E-state index in [-0.39, 0.29) is 18.5 Å². The van der Waals surface area contributed by atoms with Gasteiger partial charge in [-0.15, -0.1) is 0 Å². The number of alkyl halides is 1. The van der Waals surface area contributed by atoms with Gasteiger partial charge in [0.25, 0.3) is 5.91 Å². The van der Waals surface area contributed by atoms with Crippen molar-refractivity contribution >= 4 is 23.4 Å². The molecular weight excluding hydrogens is 375 g/mol. The van der Waals surface area contributed by atoms with Gasteiger partial charge in [-0.25, -0.2) is 14.1 Å². The minimum Gasteiger partial charge on any atom is -0.443 e. The fraction of sp³-hybridized carbons (Fsp3) is 0.524. The van der Waals surface area contributed by atoms with Crippen LogP contribution in [0.25, 0.3) is 0 Å². The van der Waals surface area contributed by atoms with Crippen LogP contribution in [0.4, 0.5) is 14.9 Å². The number of rotatable bonds is 3. The smallest absolute Gasteiger partial charge is 0.417 e. The summed E-state index contributed by atoms with van der Waals surface area (Å²) in [6, 6.07) is 3.69. The fourth-order valence-electron chi connectivity index (χ4n) is 3.74. The first-order valence-corrected chi connectivity index (χ1v) is 9.87. The van der Waals surface area contributed by atoms with Crippen molar-refractivity contribution in [2.45, 2.75) is 51.4 Å². The van der Waals surface area contributed by atoms with Crippen LogP contribution < -0.4 is 4.90 Å². The number of pyridine rings is 1. The van der Waals surface area contributed by atoms with Crippen LogP contribution in [-0.4, -0.2) is 65.0 Å². The maximum atomic E-state index is 13.4. The lowest BCUT2D eigenvalue weighted by Gasteiger charge is -2.23. The van der Waals surface area contributed by atoms with E-state index in [1.165, 1.54) is 0 Å². The second kappa shape index (κ2) is 7.24. The Labute approximate surface area is 169 Å². The van der Waals surface area contributed by atoms with Crippen molar-refractivity contribution in [1.82, 2.24) is 9.88 Å². The van der Waals surface area contributed by atoms with Gasteiger partial charge in [0.2, 0.25) is 0 Å². The Morgan fingerprint density at radius 3 is 2.72 bits per heavy atom. The van der Waals surface area contributed by atoms with Crippen LogP contribution in [0, 0.1) is 0 Å². The summed E-state index contributed by atoms with van der Waals surface area (Å²) in [5, 5.41) is 0. The zero-order valence-corrected chi connectivity index (χ0v) is 16.9. The van der Waals surface area contributed by atoms with Crippen molar-refractivity contribution in [2.75, 3.05) is 24.5 Å². The number of anilines is 1. The molecule has 0 spiro atoms. The van der Waals surface area contributed by atoms with Crippen LogP contribution in [0.5, 0.6) is 0 Å². The van der Waals surface area contributed by atoms with E-state index < -0.39 is 17.9 Å². The van der Waals surface area contributed by atoms with Gasteiger partial charge in [-0.2, -0.15) is 0 Å². The van der Waals surface area contributed by atoms with Crippen LogP contribution in [-0.2, 0) is 16.0 Å². The van der Waals surface area contributed by atoms with Gasteiger partial charge >= 0.3 is 6.09 Å². The molecule has 4 heterocycles. The second-order valence-corrected chi connectivity index (χ2v) is 8.64. The van der Waals surface area contributed by atoms with Crippen LogP contribution in [0.3, 0.4) is 0 Å². The molecular formula is C21H25FN4O3. The Bertz CT molecular complexity index is 888. The zero-order chi connectivity index (χ0) is 20.8. The normalized spacial score (nSPS) is 23.9. The first kappa shape index (κ1) is 19.5. The number of ether oxygens (including phenoxy) is 1. The van der Waals surface area contributed by atoms with Crippen LogP contribution in [0.1, 0.15) is 32.9 Å². The Hall–Kier alpha value is -2.77. The maximum absolute atomic E-state index is 13.4. The average molecular weight is 400 g/mol. The molecule has 7 nitrogen and oxygen atoms in total. The standard InChI is InChI=1S/C21H25FN4O3/c1-21(2,3)29-20(28)26-12-18-17(19(26)27)9-15(24-18)8-14-4-5-16(10-23-14)25-7-6-13(22)11-25/h4-5,9-10,13,15H,6-8,11-12H2,1-3H3/t13-,15-/m0/s1. The number of hydrogen-bond acceptors (Lipinski definition) is 6. The topological polar surface area (TPSA) is 75.1 Å². The lowest BCUT2D eigenvalue weighted by molar-refractivity contribution is -0.124. The van der Waals surface area contributed by atoms with E-state index in [0.29, 0.717) is 37.2 Å². The van der Waals surface area contributed by atoms with E-state index in [1.54, 1.807) is 33.0 Å². The number of likely N-dealkylation sites (tertiary alicyclic amines) is 1. The highest BCUT2D eigenvalue weighted by molar-refractivity contribution is 6.31. The van der Waals surface area contributed by atoms with E-state index in [1.807, 2.05) is 17.0 Å². The summed E-state index contributed by atoms with van der Waals surface area (Å²) in [6.07, 6.45) is 3.27.